The van der Waals surface area contributed by atoms with Gasteiger partial charge >= 0.3 is 0 Å². The third kappa shape index (κ3) is 3.15. The first-order valence-electron chi connectivity index (χ1n) is 5.88. The van der Waals surface area contributed by atoms with Crippen molar-refractivity contribution >= 4 is 33.2 Å². The Morgan fingerprint density at radius 3 is 2.37 bits per heavy atom. The quantitative estimate of drug-likeness (QED) is 0.860. The van der Waals surface area contributed by atoms with Gasteiger partial charge in [0.05, 0.1) is 0 Å². The minimum absolute atomic E-state index is 0.0862. The molecule has 0 aliphatic rings. The Kier molecular flexibility index (Phi) is 3.90. The van der Waals surface area contributed by atoms with E-state index in [0.717, 1.165) is 15.7 Å². The summed E-state index contributed by atoms with van der Waals surface area (Å²) in [5, 5.41) is 0. The van der Waals surface area contributed by atoms with E-state index in [2.05, 4.69) is 15.9 Å². The van der Waals surface area contributed by atoms with Crippen LogP contribution in [-0.2, 0) is 0 Å². The molecule has 0 aromatic heterocycles. The van der Waals surface area contributed by atoms with Crippen molar-refractivity contribution in [3.63, 3.8) is 0 Å². The lowest BCUT2D eigenvalue weighted by Crippen LogP contribution is -2.26. The number of nitrogen functional groups attached to an aromatic ring is 1. The number of amides is 1. The molecule has 4 heteroatoms. The highest BCUT2D eigenvalue weighted by Gasteiger charge is 2.14. The molecule has 19 heavy (non-hydrogen) atoms. The lowest BCUT2D eigenvalue weighted by Gasteiger charge is -2.18. The molecule has 0 saturated heterocycles. The minimum Gasteiger partial charge on any atom is -0.399 e. The fourth-order valence-corrected chi connectivity index (χ4v) is 2.33. The third-order valence-electron chi connectivity index (χ3n) is 2.89. The van der Waals surface area contributed by atoms with E-state index in [9.17, 15) is 4.79 Å². The van der Waals surface area contributed by atoms with E-state index in [1.165, 1.54) is 0 Å². The molecule has 0 aliphatic carbocycles. The standard InChI is InChI=1S/C15H15BrN2O/c1-10-3-5-14(6-4-10)18(2)15(19)11-7-12(16)9-13(17)8-11/h3-9H,17H2,1-2H3. The Morgan fingerprint density at radius 1 is 1.16 bits per heavy atom. The second-order valence-corrected chi connectivity index (χ2v) is 5.39. The molecule has 98 valence electrons. The highest BCUT2D eigenvalue weighted by atomic mass is 79.9. The highest BCUT2D eigenvalue weighted by molar-refractivity contribution is 9.10. The van der Waals surface area contributed by atoms with Gasteiger partial charge in [0.15, 0.2) is 0 Å². The summed E-state index contributed by atoms with van der Waals surface area (Å²) in [6.45, 7) is 2.01. The Labute approximate surface area is 121 Å². The first-order valence-corrected chi connectivity index (χ1v) is 6.67. The SMILES string of the molecule is Cc1ccc(N(C)C(=O)c2cc(N)cc(Br)c2)cc1. The Morgan fingerprint density at radius 2 is 1.79 bits per heavy atom. The van der Waals surface area contributed by atoms with E-state index in [0.29, 0.717) is 11.3 Å². The molecular formula is C15H15BrN2O. The second kappa shape index (κ2) is 5.45. The van der Waals surface area contributed by atoms with Crippen molar-refractivity contribution in [1.82, 2.24) is 0 Å². The molecule has 2 N–H and O–H groups in total. The average Bonchev–Trinajstić information content (AvgIpc) is 2.37. The van der Waals surface area contributed by atoms with Crippen LogP contribution in [0.4, 0.5) is 11.4 Å². The van der Waals surface area contributed by atoms with Crippen LogP contribution in [0, 0.1) is 6.92 Å². The molecule has 0 bridgehead atoms. The molecular weight excluding hydrogens is 304 g/mol. The van der Waals surface area contributed by atoms with Gasteiger partial charge in [0, 0.05) is 28.5 Å². The van der Waals surface area contributed by atoms with Gasteiger partial charge in [-0.3, -0.25) is 4.79 Å². The lowest BCUT2D eigenvalue weighted by atomic mass is 10.1. The van der Waals surface area contributed by atoms with E-state index in [4.69, 9.17) is 5.73 Å². The molecule has 0 radical (unpaired) electrons. The summed E-state index contributed by atoms with van der Waals surface area (Å²) >= 11 is 3.35. The van der Waals surface area contributed by atoms with Crippen LogP contribution in [0.3, 0.4) is 0 Å². The number of halogens is 1. The molecule has 3 nitrogen and oxygen atoms in total. The van der Waals surface area contributed by atoms with Crippen LogP contribution < -0.4 is 10.6 Å². The number of carbonyl (C=O) groups excluding carboxylic acids is 1. The average molecular weight is 319 g/mol. The first-order chi connectivity index (χ1) is 8.97. The molecule has 0 aliphatic heterocycles. The maximum atomic E-state index is 12.4. The number of carbonyl (C=O) groups is 1. The molecule has 2 aromatic carbocycles. The fourth-order valence-electron chi connectivity index (χ4n) is 1.82. The van der Waals surface area contributed by atoms with E-state index in [1.54, 1.807) is 30.1 Å². The van der Waals surface area contributed by atoms with Crippen molar-refractivity contribution in [3.05, 3.63) is 58.1 Å². The zero-order valence-electron chi connectivity index (χ0n) is 10.9. The van der Waals surface area contributed by atoms with Gasteiger partial charge in [-0.2, -0.15) is 0 Å². The summed E-state index contributed by atoms with van der Waals surface area (Å²) in [6, 6.07) is 13.0. The Hall–Kier alpha value is -1.81. The summed E-state index contributed by atoms with van der Waals surface area (Å²) in [4.78, 5) is 14.0. The zero-order chi connectivity index (χ0) is 14.0. The van der Waals surface area contributed by atoms with Crippen molar-refractivity contribution in [1.29, 1.82) is 0 Å². The maximum Gasteiger partial charge on any atom is 0.258 e. The predicted octanol–water partition coefficient (Wildman–Crippen LogP) is 3.62. The molecule has 0 saturated carbocycles. The van der Waals surface area contributed by atoms with Crippen LogP contribution in [0.5, 0.6) is 0 Å². The predicted molar refractivity (Wildman–Crippen MR) is 82.5 cm³/mol. The number of hydrogen-bond acceptors (Lipinski definition) is 2. The van der Waals surface area contributed by atoms with Gasteiger partial charge in [-0.25, -0.2) is 0 Å². The van der Waals surface area contributed by atoms with Crippen LogP contribution in [0.2, 0.25) is 0 Å². The number of aryl methyl sites for hydroxylation is 1. The number of rotatable bonds is 2. The van der Waals surface area contributed by atoms with Gasteiger partial charge in [-0.15, -0.1) is 0 Å². The summed E-state index contributed by atoms with van der Waals surface area (Å²) < 4.78 is 0.799. The number of nitrogens with zero attached hydrogens (tertiary/aromatic N) is 1. The lowest BCUT2D eigenvalue weighted by molar-refractivity contribution is 0.0993. The number of benzene rings is 2. The van der Waals surface area contributed by atoms with Crippen LogP contribution in [0.15, 0.2) is 46.9 Å². The van der Waals surface area contributed by atoms with Crippen LogP contribution >= 0.6 is 15.9 Å². The van der Waals surface area contributed by atoms with Crippen molar-refractivity contribution in [2.45, 2.75) is 6.92 Å². The number of hydrogen-bond donors (Lipinski definition) is 1. The van der Waals surface area contributed by atoms with Crippen LogP contribution in [-0.4, -0.2) is 13.0 Å². The van der Waals surface area contributed by atoms with E-state index < -0.39 is 0 Å². The van der Waals surface area contributed by atoms with Gasteiger partial charge < -0.3 is 10.6 Å². The van der Waals surface area contributed by atoms with Crippen molar-refractivity contribution in [2.75, 3.05) is 17.7 Å². The third-order valence-corrected chi connectivity index (χ3v) is 3.35. The van der Waals surface area contributed by atoms with Gasteiger partial charge in [0.2, 0.25) is 0 Å². The van der Waals surface area contributed by atoms with Crippen molar-refractivity contribution < 1.29 is 4.79 Å². The van der Waals surface area contributed by atoms with E-state index >= 15 is 0 Å². The van der Waals surface area contributed by atoms with E-state index in [-0.39, 0.29) is 5.91 Å². The summed E-state index contributed by atoms with van der Waals surface area (Å²) in [5.41, 5.74) is 8.90. The maximum absolute atomic E-state index is 12.4. The highest BCUT2D eigenvalue weighted by Crippen LogP contribution is 2.21. The smallest absolute Gasteiger partial charge is 0.258 e. The molecule has 0 heterocycles. The monoisotopic (exact) mass is 318 g/mol. The van der Waals surface area contributed by atoms with Crippen molar-refractivity contribution in [3.8, 4) is 0 Å². The van der Waals surface area contributed by atoms with Gasteiger partial charge in [0.1, 0.15) is 0 Å². The molecule has 1 amide bonds. The molecule has 0 spiro atoms. The minimum atomic E-state index is -0.0862. The van der Waals surface area contributed by atoms with E-state index in [1.807, 2.05) is 31.2 Å². The number of nitrogens with two attached hydrogens (primary N) is 1. The Balaban J connectivity index is 2.30. The van der Waals surface area contributed by atoms with Gasteiger partial charge in [0.25, 0.3) is 5.91 Å². The largest absolute Gasteiger partial charge is 0.399 e. The van der Waals surface area contributed by atoms with Crippen LogP contribution in [0.25, 0.3) is 0 Å². The van der Waals surface area contributed by atoms with Gasteiger partial charge in [-0.1, -0.05) is 33.6 Å². The van der Waals surface area contributed by atoms with Crippen molar-refractivity contribution in [2.24, 2.45) is 0 Å². The fraction of sp³-hybridized carbons (Fsp3) is 0.133. The first kappa shape index (κ1) is 13.6. The van der Waals surface area contributed by atoms with Gasteiger partial charge in [-0.05, 0) is 37.3 Å². The zero-order valence-corrected chi connectivity index (χ0v) is 12.4. The summed E-state index contributed by atoms with van der Waals surface area (Å²) in [5.74, 6) is -0.0862. The molecule has 0 fully saturated rings. The summed E-state index contributed by atoms with van der Waals surface area (Å²) in [6.07, 6.45) is 0. The molecule has 2 rings (SSSR count). The normalized spacial score (nSPS) is 10.3. The molecule has 0 atom stereocenters. The summed E-state index contributed by atoms with van der Waals surface area (Å²) in [7, 11) is 1.75. The second-order valence-electron chi connectivity index (χ2n) is 4.47. The molecule has 2 aromatic rings. The Bertz CT molecular complexity index is 588. The number of anilines is 2. The van der Waals surface area contributed by atoms with Crippen LogP contribution in [0.1, 0.15) is 15.9 Å². The topological polar surface area (TPSA) is 46.3 Å². The molecule has 0 unspecified atom stereocenters.